The number of nitrogens with one attached hydrogen (secondary N) is 1. The van der Waals surface area contributed by atoms with Crippen LogP contribution in [-0.4, -0.2) is 34.3 Å². The van der Waals surface area contributed by atoms with Crippen molar-refractivity contribution in [2.24, 2.45) is 5.73 Å². The summed E-state index contributed by atoms with van der Waals surface area (Å²) >= 11 is 1.33. The molecule has 2 aromatic carbocycles. The van der Waals surface area contributed by atoms with Gasteiger partial charge in [-0.3, -0.25) is 0 Å². The highest BCUT2D eigenvalue weighted by molar-refractivity contribution is 7.19. The number of aromatic nitrogens is 3. The van der Waals surface area contributed by atoms with E-state index in [1.807, 2.05) is 13.0 Å². The van der Waals surface area contributed by atoms with Crippen LogP contribution in [-0.2, 0) is 0 Å². The minimum absolute atomic E-state index is 0.369. The summed E-state index contributed by atoms with van der Waals surface area (Å²) in [6, 6.07) is 14.2. The summed E-state index contributed by atoms with van der Waals surface area (Å²) in [7, 11) is 0. The highest BCUT2D eigenvalue weighted by atomic mass is 32.1. The van der Waals surface area contributed by atoms with Crippen molar-refractivity contribution >= 4 is 28.2 Å². The number of carbonyl (C=O) groups excluding carboxylic acids is 1. The number of piperidine rings is 1. The molecule has 0 unspecified atom stereocenters. The number of nitrogens with zero attached hydrogens (tertiary/aromatic N) is 4. The van der Waals surface area contributed by atoms with Crippen molar-refractivity contribution in [3.8, 4) is 22.0 Å². The van der Waals surface area contributed by atoms with E-state index in [1.165, 1.54) is 46.6 Å². The molecular formula is C27H28N6O2S. The van der Waals surface area contributed by atoms with Crippen molar-refractivity contribution in [2.75, 3.05) is 18.0 Å². The molecule has 2 aliphatic rings. The van der Waals surface area contributed by atoms with E-state index in [0.717, 1.165) is 42.7 Å². The Bertz CT molecular complexity index is 1390. The van der Waals surface area contributed by atoms with Gasteiger partial charge in [-0.15, -0.1) is 10.2 Å². The van der Waals surface area contributed by atoms with Crippen LogP contribution in [0.1, 0.15) is 54.2 Å². The first-order chi connectivity index (χ1) is 17.6. The predicted octanol–water partition coefficient (Wildman–Crippen LogP) is 5.73. The van der Waals surface area contributed by atoms with Crippen LogP contribution in [0, 0.1) is 6.92 Å². The van der Waals surface area contributed by atoms with Gasteiger partial charge in [-0.2, -0.15) is 0 Å². The van der Waals surface area contributed by atoms with E-state index in [4.69, 9.17) is 15.1 Å². The molecule has 0 atom stereocenters. The molecule has 1 aliphatic heterocycles. The largest absolute Gasteiger partial charge is 0.423 e. The van der Waals surface area contributed by atoms with Crippen LogP contribution in [0.2, 0.25) is 0 Å². The zero-order chi connectivity index (χ0) is 24.6. The first-order valence-electron chi connectivity index (χ1n) is 12.4. The van der Waals surface area contributed by atoms with Crippen LogP contribution < -0.4 is 16.0 Å². The molecule has 4 aromatic rings. The molecule has 0 radical (unpaired) electrons. The summed E-state index contributed by atoms with van der Waals surface area (Å²) in [6.07, 6.45) is 5.87. The Morgan fingerprint density at radius 2 is 1.86 bits per heavy atom. The van der Waals surface area contributed by atoms with Crippen molar-refractivity contribution in [1.29, 1.82) is 0 Å². The number of amides is 2. The highest BCUT2D eigenvalue weighted by Crippen LogP contribution is 2.45. The topological polar surface area (TPSA) is 110 Å². The lowest BCUT2D eigenvalue weighted by atomic mass is 9.89. The molecule has 0 bridgehead atoms. The minimum atomic E-state index is -0.577. The zero-order valence-corrected chi connectivity index (χ0v) is 20.9. The number of primary amides is 1. The van der Waals surface area contributed by atoms with Gasteiger partial charge in [0.25, 0.3) is 5.89 Å². The molecule has 1 aliphatic carbocycles. The SMILES string of the molecule is Cc1ccc(C2CC2)cc1N(C(N)=O)c1nc(-c2cccc(C3CCNCC3)c2)c(-c2nnco2)s1. The number of hydrogen-bond acceptors (Lipinski definition) is 7. The quantitative estimate of drug-likeness (QED) is 0.350. The van der Waals surface area contributed by atoms with Gasteiger partial charge in [0.1, 0.15) is 4.88 Å². The fourth-order valence-electron chi connectivity index (χ4n) is 4.97. The fraction of sp³-hybridized carbons (Fsp3) is 0.333. The molecule has 9 heteroatoms. The lowest BCUT2D eigenvalue weighted by molar-refractivity contribution is 0.256. The number of anilines is 2. The normalized spacial score (nSPS) is 16.2. The minimum Gasteiger partial charge on any atom is -0.423 e. The number of hydrogen-bond donors (Lipinski definition) is 2. The van der Waals surface area contributed by atoms with Gasteiger partial charge in [0.05, 0.1) is 11.4 Å². The van der Waals surface area contributed by atoms with E-state index in [9.17, 15) is 4.79 Å². The second kappa shape index (κ2) is 9.48. The Morgan fingerprint density at radius 1 is 1.08 bits per heavy atom. The first kappa shape index (κ1) is 22.9. The smallest absolute Gasteiger partial charge is 0.325 e. The van der Waals surface area contributed by atoms with Crippen LogP contribution in [0.15, 0.2) is 53.3 Å². The lowest BCUT2D eigenvalue weighted by Crippen LogP contribution is -2.32. The third kappa shape index (κ3) is 4.40. The second-order valence-corrected chi connectivity index (χ2v) is 10.5. The van der Waals surface area contributed by atoms with Crippen molar-refractivity contribution in [3.63, 3.8) is 0 Å². The monoisotopic (exact) mass is 500 g/mol. The van der Waals surface area contributed by atoms with Crippen molar-refractivity contribution in [3.05, 3.63) is 65.5 Å². The molecule has 1 saturated carbocycles. The number of benzene rings is 2. The molecule has 36 heavy (non-hydrogen) atoms. The number of urea groups is 1. The summed E-state index contributed by atoms with van der Waals surface area (Å²) in [6.45, 7) is 4.03. The molecule has 2 fully saturated rings. The predicted molar refractivity (Wildman–Crippen MR) is 141 cm³/mol. The van der Waals surface area contributed by atoms with Crippen LogP contribution >= 0.6 is 11.3 Å². The Balaban J connectivity index is 1.46. The number of thiazole rings is 1. The zero-order valence-electron chi connectivity index (χ0n) is 20.1. The molecular weight excluding hydrogens is 472 g/mol. The number of rotatable bonds is 6. The summed E-state index contributed by atoms with van der Waals surface area (Å²) in [5, 5.41) is 11.9. The van der Waals surface area contributed by atoms with E-state index in [1.54, 1.807) is 0 Å². The van der Waals surface area contributed by atoms with Crippen molar-refractivity contribution in [2.45, 2.75) is 44.4 Å². The molecule has 0 spiro atoms. The van der Waals surface area contributed by atoms with E-state index in [0.29, 0.717) is 33.4 Å². The van der Waals surface area contributed by atoms with Crippen molar-refractivity contribution < 1.29 is 9.21 Å². The van der Waals surface area contributed by atoms with Crippen molar-refractivity contribution in [1.82, 2.24) is 20.5 Å². The Hall–Kier alpha value is -3.56. The fourth-order valence-corrected chi connectivity index (χ4v) is 6.00. The maximum Gasteiger partial charge on any atom is 0.325 e. The Labute approximate surface area is 213 Å². The molecule has 3 N–H and O–H groups in total. The summed E-state index contributed by atoms with van der Waals surface area (Å²) in [4.78, 5) is 20.0. The summed E-state index contributed by atoms with van der Waals surface area (Å²) < 4.78 is 5.58. The molecule has 6 rings (SSSR count). The summed E-state index contributed by atoms with van der Waals surface area (Å²) in [5.41, 5.74) is 11.8. The van der Waals surface area contributed by atoms with Crippen LogP contribution in [0.25, 0.3) is 22.0 Å². The van der Waals surface area contributed by atoms with E-state index >= 15 is 0 Å². The first-order valence-corrected chi connectivity index (χ1v) is 13.2. The van der Waals surface area contributed by atoms with Gasteiger partial charge in [0.2, 0.25) is 6.39 Å². The van der Waals surface area contributed by atoms with Gasteiger partial charge in [-0.1, -0.05) is 41.7 Å². The standard InChI is InChI=1S/C27H28N6O2S/c1-16-5-6-20(17-7-8-17)14-22(16)33(26(28)34)27-31-23(24(36-27)25-32-30-15-35-25)21-4-2-3-19(13-21)18-9-11-29-12-10-18/h2-6,13-15,17-18,29H,7-12H2,1H3,(H2,28,34). The van der Waals surface area contributed by atoms with Crippen LogP contribution in [0.4, 0.5) is 15.6 Å². The molecule has 2 amide bonds. The van der Waals surface area contributed by atoms with Gasteiger partial charge in [-0.05, 0) is 86.4 Å². The maximum absolute atomic E-state index is 12.8. The van der Waals surface area contributed by atoms with Gasteiger partial charge >= 0.3 is 6.03 Å². The molecule has 8 nitrogen and oxygen atoms in total. The maximum atomic E-state index is 12.8. The van der Waals surface area contributed by atoms with E-state index in [-0.39, 0.29) is 0 Å². The number of aryl methyl sites for hydroxylation is 1. The molecule has 1 saturated heterocycles. The second-order valence-electron chi connectivity index (χ2n) is 9.56. The average molecular weight is 501 g/mol. The molecule has 3 heterocycles. The third-order valence-electron chi connectivity index (χ3n) is 7.08. The van der Waals surface area contributed by atoms with E-state index < -0.39 is 6.03 Å². The van der Waals surface area contributed by atoms with Gasteiger partial charge in [-0.25, -0.2) is 14.7 Å². The number of nitrogens with two attached hydrogens (primary N) is 1. The van der Waals surface area contributed by atoms with Crippen LogP contribution in [0.3, 0.4) is 0 Å². The van der Waals surface area contributed by atoms with Gasteiger partial charge < -0.3 is 15.5 Å². The Morgan fingerprint density at radius 3 is 2.58 bits per heavy atom. The third-order valence-corrected chi connectivity index (χ3v) is 8.10. The summed E-state index contributed by atoms with van der Waals surface area (Å²) in [5.74, 6) is 1.43. The molecule has 2 aromatic heterocycles. The Kier molecular flexibility index (Phi) is 6.02. The molecule has 184 valence electrons. The highest BCUT2D eigenvalue weighted by Gasteiger charge is 2.29. The number of carbonyl (C=O) groups is 1. The lowest BCUT2D eigenvalue weighted by Gasteiger charge is -2.23. The van der Waals surface area contributed by atoms with E-state index in [2.05, 4.69) is 51.9 Å². The van der Waals surface area contributed by atoms with Crippen LogP contribution in [0.5, 0.6) is 0 Å². The average Bonchev–Trinajstić information content (AvgIpc) is 3.42. The van der Waals surface area contributed by atoms with Gasteiger partial charge in [0, 0.05) is 5.56 Å². The van der Waals surface area contributed by atoms with Gasteiger partial charge in [0.15, 0.2) is 5.13 Å².